The second kappa shape index (κ2) is 7.79. The third-order valence-electron chi connectivity index (χ3n) is 3.98. The molecule has 1 aliphatic heterocycles. The van der Waals surface area contributed by atoms with Gasteiger partial charge in [0.25, 0.3) is 5.91 Å². The Kier molecular flexibility index (Phi) is 5.27. The van der Waals surface area contributed by atoms with Gasteiger partial charge in [0.1, 0.15) is 5.75 Å². The van der Waals surface area contributed by atoms with E-state index in [4.69, 9.17) is 4.74 Å². The van der Waals surface area contributed by atoms with E-state index in [0.717, 1.165) is 38.2 Å². The first kappa shape index (κ1) is 15.6. The van der Waals surface area contributed by atoms with Crippen LogP contribution in [0.25, 0.3) is 0 Å². The van der Waals surface area contributed by atoms with Crippen molar-refractivity contribution in [2.75, 3.05) is 26.2 Å². The van der Waals surface area contributed by atoms with Gasteiger partial charge in [-0.2, -0.15) is 0 Å². The van der Waals surface area contributed by atoms with Crippen molar-refractivity contribution in [2.45, 2.75) is 12.5 Å². The maximum Gasteiger partial charge on any atom is 0.268 e. The number of benzene rings is 2. The Balaban J connectivity index is 1.83. The molecule has 0 spiro atoms. The summed E-state index contributed by atoms with van der Waals surface area (Å²) >= 11 is 0. The average Bonchev–Trinajstić information content (AvgIpc) is 2.90. The van der Waals surface area contributed by atoms with Gasteiger partial charge in [-0.25, -0.2) is 0 Å². The maximum atomic E-state index is 13.0. The lowest BCUT2D eigenvalue weighted by Crippen LogP contribution is -2.39. The Morgan fingerprint density at radius 2 is 1.65 bits per heavy atom. The molecule has 0 aliphatic carbocycles. The van der Waals surface area contributed by atoms with Crippen molar-refractivity contribution in [3.63, 3.8) is 0 Å². The Labute approximate surface area is 137 Å². The van der Waals surface area contributed by atoms with Crippen molar-refractivity contribution in [1.29, 1.82) is 0 Å². The molecule has 0 aromatic heterocycles. The normalized spacial score (nSPS) is 16.4. The van der Waals surface area contributed by atoms with Crippen molar-refractivity contribution in [2.24, 2.45) is 0 Å². The third kappa shape index (κ3) is 4.11. The van der Waals surface area contributed by atoms with Crippen molar-refractivity contribution < 1.29 is 9.53 Å². The molecule has 1 fully saturated rings. The van der Waals surface area contributed by atoms with Gasteiger partial charge in [0.2, 0.25) is 6.10 Å². The quantitative estimate of drug-likeness (QED) is 0.944. The Morgan fingerprint density at radius 3 is 2.39 bits per heavy atom. The van der Waals surface area contributed by atoms with Crippen LogP contribution in [0.2, 0.25) is 0 Å². The van der Waals surface area contributed by atoms with E-state index in [-0.39, 0.29) is 5.91 Å². The van der Waals surface area contributed by atoms with Crippen molar-refractivity contribution in [3.05, 3.63) is 66.2 Å². The molecule has 2 aromatic rings. The van der Waals surface area contributed by atoms with E-state index >= 15 is 0 Å². The number of hydrogen-bond donors (Lipinski definition) is 1. The molecule has 3 rings (SSSR count). The van der Waals surface area contributed by atoms with Gasteiger partial charge in [-0.05, 0) is 25.1 Å². The molecule has 1 unspecified atom stereocenters. The molecule has 0 radical (unpaired) electrons. The van der Waals surface area contributed by atoms with Crippen molar-refractivity contribution in [1.82, 2.24) is 10.2 Å². The van der Waals surface area contributed by atoms with Gasteiger partial charge in [-0.3, -0.25) is 4.79 Å². The number of carbonyl (C=O) groups is 1. The van der Waals surface area contributed by atoms with Crippen LogP contribution in [0.1, 0.15) is 18.1 Å². The smallest absolute Gasteiger partial charge is 0.268 e. The van der Waals surface area contributed by atoms with Gasteiger partial charge in [-0.1, -0.05) is 48.5 Å². The summed E-state index contributed by atoms with van der Waals surface area (Å²) in [5, 5.41) is 3.33. The van der Waals surface area contributed by atoms with Gasteiger partial charge in [0.15, 0.2) is 0 Å². The second-order valence-corrected chi connectivity index (χ2v) is 5.65. The predicted molar refractivity (Wildman–Crippen MR) is 90.3 cm³/mol. The van der Waals surface area contributed by atoms with Gasteiger partial charge in [0, 0.05) is 25.2 Å². The number of rotatable bonds is 4. The summed E-state index contributed by atoms with van der Waals surface area (Å²) in [6, 6.07) is 19.2. The standard InChI is InChI=1S/C19H22N2O2/c22-19(21-14-7-12-20-13-15-21)18(16-8-3-1-4-9-16)23-17-10-5-2-6-11-17/h1-6,8-11,18,20H,7,12-15H2. The summed E-state index contributed by atoms with van der Waals surface area (Å²) in [5.74, 6) is 0.742. The molecule has 1 heterocycles. The molecule has 1 aliphatic rings. The lowest BCUT2D eigenvalue weighted by Gasteiger charge is -2.26. The minimum atomic E-state index is -0.600. The summed E-state index contributed by atoms with van der Waals surface area (Å²) in [6.45, 7) is 3.28. The highest BCUT2D eigenvalue weighted by molar-refractivity contribution is 5.82. The van der Waals surface area contributed by atoms with Crippen LogP contribution in [0, 0.1) is 0 Å². The summed E-state index contributed by atoms with van der Waals surface area (Å²) in [5.41, 5.74) is 0.888. The van der Waals surface area contributed by atoms with Gasteiger partial charge in [0.05, 0.1) is 0 Å². The largest absolute Gasteiger partial charge is 0.476 e. The zero-order valence-corrected chi connectivity index (χ0v) is 13.2. The van der Waals surface area contributed by atoms with E-state index < -0.39 is 6.10 Å². The number of amides is 1. The number of nitrogens with one attached hydrogen (secondary N) is 1. The Bertz CT molecular complexity index is 608. The molecular weight excluding hydrogens is 288 g/mol. The van der Waals surface area contributed by atoms with Crippen LogP contribution in [0.15, 0.2) is 60.7 Å². The maximum absolute atomic E-state index is 13.0. The summed E-state index contributed by atoms with van der Waals surface area (Å²) in [6.07, 6.45) is 0.371. The Morgan fingerprint density at radius 1 is 0.957 bits per heavy atom. The molecule has 4 heteroatoms. The number of para-hydroxylation sites is 1. The molecule has 0 bridgehead atoms. The first-order valence-electron chi connectivity index (χ1n) is 8.11. The predicted octanol–water partition coefficient (Wildman–Crippen LogP) is 2.63. The molecule has 23 heavy (non-hydrogen) atoms. The van der Waals surface area contributed by atoms with Crippen LogP contribution < -0.4 is 10.1 Å². The topological polar surface area (TPSA) is 41.6 Å². The van der Waals surface area contributed by atoms with Crippen LogP contribution >= 0.6 is 0 Å². The van der Waals surface area contributed by atoms with E-state index in [2.05, 4.69) is 5.32 Å². The highest BCUT2D eigenvalue weighted by Crippen LogP contribution is 2.24. The lowest BCUT2D eigenvalue weighted by atomic mass is 10.1. The molecule has 1 amide bonds. The van der Waals surface area contributed by atoms with E-state index in [9.17, 15) is 4.79 Å². The first-order chi connectivity index (χ1) is 11.3. The fourth-order valence-electron chi connectivity index (χ4n) is 2.76. The van der Waals surface area contributed by atoms with E-state index in [1.54, 1.807) is 0 Å². The molecule has 120 valence electrons. The first-order valence-corrected chi connectivity index (χ1v) is 8.11. The number of carbonyl (C=O) groups excluding carboxylic acids is 1. The summed E-state index contributed by atoms with van der Waals surface area (Å²) in [7, 11) is 0. The average molecular weight is 310 g/mol. The van der Waals surface area contributed by atoms with Gasteiger partial charge < -0.3 is 15.0 Å². The van der Waals surface area contributed by atoms with E-state index in [0.29, 0.717) is 5.75 Å². The highest BCUT2D eigenvalue weighted by Gasteiger charge is 2.28. The van der Waals surface area contributed by atoms with Crippen LogP contribution in [0.4, 0.5) is 0 Å². The molecule has 2 aromatic carbocycles. The molecule has 0 saturated carbocycles. The van der Waals surface area contributed by atoms with Gasteiger partial charge >= 0.3 is 0 Å². The van der Waals surface area contributed by atoms with Crippen LogP contribution in [-0.4, -0.2) is 37.0 Å². The van der Waals surface area contributed by atoms with Crippen molar-refractivity contribution >= 4 is 5.91 Å². The number of ether oxygens (including phenoxy) is 1. The highest BCUT2D eigenvalue weighted by atomic mass is 16.5. The van der Waals surface area contributed by atoms with E-state index in [1.165, 1.54) is 0 Å². The zero-order valence-electron chi connectivity index (χ0n) is 13.2. The van der Waals surface area contributed by atoms with E-state index in [1.807, 2.05) is 65.6 Å². The molecule has 1 N–H and O–H groups in total. The number of hydrogen-bond acceptors (Lipinski definition) is 3. The molecule has 1 atom stereocenters. The van der Waals surface area contributed by atoms with Crippen LogP contribution in [0.5, 0.6) is 5.75 Å². The Hall–Kier alpha value is -2.33. The summed E-state index contributed by atoms with van der Waals surface area (Å²) in [4.78, 5) is 14.9. The summed E-state index contributed by atoms with van der Waals surface area (Å²) < 4.78 is 6.04. The monoisotopic (exact) mass is 310 g/mol. The minimum absolute atomic E-state index is 0.0313. The fraction of sp³-hybridized carbons (Fsp3) is 0.316. The molecular formula is C19H22N2O2. The number of nitrogens with zero attached hydrogens (tertiary/aromatic N) is 1. The molecule has 4 nitrogen and oxygen atoms in total. The van der Waals surface area contributed by atoms with Crippen LogP contribution in [-0.2, 0) is 4.79 Å². The molecule has 1 saturated heterocycles. The second-order valence-electron chi connectivity index (χ2n) is 5.65. The minimum Gasteiger partial charge on any atom is -0.476 e. The SMILES string of the molecule is O=C(C(Oc1ccccc1)c1ccccc1)N1CCCNCC1. The third-order valence-corrected chi connectivity index (χ3v) is 3.98. The van der Waals surface area contributed by atoms with Gasteiger partial charge in [-0.15, -0.1) is 0 Å². The zero-order chi connectivity index (χ0) is 15.9. The fourth-order valence-corrected chi connectivity index (χ4v) is 2.76. The van der Waals surface area contributed by atoms with Crippen LogP contribution in [0.3, 0.4) is 0 Å². The lowest BCUT2D eigenvalue weighted by molar-refractivity contribution is -0.138. The van der Waals surface area contributed by atoms with Crippen molar-refractivity contribution in [3.8, 4) is 5.75 Å².